The third-order valence-electron chi connectivity index (χ3n) is 4.88. The van der Waals surface area contributed by atoms with Crippen molar-refractivity contribution in [2.24, 2.45) is 5.92 Å². The molecular formula is C16H23N3OS. The highest BCUT2D eigenvalue weighted by Crippen LogP contribution is 2.38. The number of piperidine rings is 3. The molecule has 3 aliphatic rings. The Labute approximate surface area is 131 Å². The molecule has 0 radical (unpaired) electrons. The second-order valence-electron chi connectivity index (χ2n) is 6.26. The highest BCUT2D eigenvalue weighted by Gasteiger charge is 2.49. The minimum absolute atomic E-state index is 0.274. The second-order valence-corrected chi connectivity index (χ2v) is 6.67. The maximum Gasteiger partial charge on any atom is 0.117 e. The van der Waals surface area contributed by atoms with Crippen LogP contribution < -0.4 is 0 Å². The first-order chi connectivity index (χ1) is 10.1. The van der Waals surface area contributed by atoms with Crippen molar-refractivity contribution in [1.29, 1.82) is 0 Å². The summed E-state index contributed by atoms with van der Waals surface area (Å²) in [4.78, 5) is 11.8. The molecule has 4 rings (SSSR count). The average molecular weight is 305 g/mol. The monoisotopic (exact) mass is 305 g/mol. The summed E-state index contributed by atoms with van der Waals surface area (Å²) in [6.45, 7) is 4.98. The maximum atomic E-state index is 11.2. The molecule has 1 atom stereocenters. The minimum atomic E-state index is -0.900. The van der Waals surface area contributed by atoms with Crippen LogP contribution in [0.25, 0.3) is 0 Å². The molecule has 1 unspecified atom stereocenters. The summed E-state index contributed by atoms with van der Waals surface area (Å²) in [7, 11) is 0. The lowest BCUT2D eigenvalue weighted by Crippen LogP contribution is -2.62. The summed E-state index contributed by atoms with van der Waals surface area (Å²) >= 11 is 5.68. The van der Waals surface area contributed by atoms with E-state index in [-0.39, 0.29) is 5.92 Å². The van der Waals surface area contributed by atoms with E-state index < -0.39 is 5.60 Å². The quantitative estimate of drug-likeness (QED) is 0.666. The molecule has 3 aliphatic heterocycles. The summed E-state index contributed by atoms with van der Waals surface area (Å²) in [5.74, 6) is 0.274. The number of aromatic nitrogens is 2. The molecule has 5 heteroatoms. The van der Waals surface area contributed by atoms with E-state index in [0.29, 0.717) is 11.4 Å². The standard InChI is InChI=1S/C16H23N3OS/c1-2-3-4-13-14(18-8-7-17-13)15(21)16(20)11-19-9-5-12(16)6-10-19/h7-8,12,20H,2-6,9-11H2,1H3. The van der Waals surface area contributed by atoms with E-state index in [1.165, 1.54) is 0 Å². The van der Waals surface area contributed by atoms with Crippen LogP contribution in [0.5, 0.6) is 0 Å². The van der Waals surface area contributed by atoms with Gasteiger partial charge >= 0.3 is 0 Å². The zero-order valence-corrected chi connectivity index (χ0v) is 13.4. The average Bonchev–Trinajstić information content (AvgIpc) is 2.53. The third-order valence-corrected chi connectivity index (χ3v) is 5.42. The van der Waals surface area contributed by atoms with Crippen LogP contribution in [0.3, 0.4) is 0 Å². The van der Waals surface area contributed by atoms with E-state index in [2.05, 4.69) is 21.8 Å². The Hall–Kier alpha value is -0.910. The van der Waals surface area contributed by atoms with Crippen molar-refractivity contribution in [2.75, 3.05) is 19.6 Å². The van der Waals surface area contributed by atoms with Crippen LogP contribution in [0, 0.1) is 5.92 Å². The number of unbranched alkanes of at least 4 members (excludes halogenated alkanes) is 1. The third kappa shape index (κ3) is 2.74. The first-order valence-corrected chi connectivity index (χ1v) is 8.35. The van der Waals surface area contributed by atoms with Gasteiger partial charge in [-0.3, -0.25) is 9.97 Å². The van der Waals surface area contributed by atoms with Crippen molar-refractivity contribution in [1.82, 2.24) is 14.9 Å². The Balaban J connectivity index is 1.88. The van der Waals surface area contributed by atoms with Crippen molar-refractivity contribution in [3.05, 3.63) is 23.8 Å². The van der Waals surface area contributed by atoms with Gasteiger partial charge in [-0.15, -0.1) is 0 Å². The van der Waals surface area contributed by atoms with Crippen LogP contribution in [0.1, 0.15) is 44.0 Å². The summed E-state index contributed by atoms with van der Waals surface area (Å²) < 4.78 is 0. The van der Waals surface area contributed by atoms with Gasteiger partial charge in [-0.1, -0.05) is 25.6 Å². The smallest absolute Gasteiger partial charge is 0.117 e. The second kappa shape index (κ2) is 6.07. The fourth-order valence-corrected chi connectivity index (χ4v) is 3.99. The van der Waals surface area contributed by atoms with Gasteiger partial charge in [-0.05, 0) is 44.7 Å². The molecule has 114 valence electrons. The molecule has 4 nitrogen and oxygen atoms in total. The molecule has 0 spiro atoms. The number of aliphatic hydroxyl groups is 1. The van der Waals surface area contributed by atoms with Gasteiger partial charge in [0.2, 0.25) is 0 Å². The Morgan fingerprint density at radius 1 is 1.38 bits per heavy atom. The topological polar surface area (TPSA) is 49.3 Å². The normalized spacial score (nSPS) is 31.3. The molecular weight excluding hydrogens is 282 g/mol. The van der Waals surface area contributed by atoms with Crippen molar-refractivity contribution in [3.63, 3.8) is 0 Å². The predicted molar refractivity (Wildman–Crippen MR) is 86.5 cm³/mol. The molecule has 2 bridgehead atoms. The van der Waals surface area contributed by atoms with Gasteiger partial charge in [0.05, 0.1) is 10.6 Å². The van der Waals surface area contributed by atoms with Crippen molar-refractivity contribution in [3.8, 4) is 0 Å². The molecule has 4 heterocycles. The number of hydrogen-bond acceptors (Lipinski definition) is 5. The lowest BCUT2D eigenvalue weighted by Gasteiger charge is -2.50. The van der Waals surface area contributed by atoms with Gasteiger partial charge in [-0.2, -0.15) is 0 Å². The van der Waals surface area contributed by atoms with Gasteiger partial charge in [-0.25, -0.2) is 0 Å². The number of fused-ring (bicyclic) bond motifs is 3. The molecule has 1 N–H and O–H groups in total. The van der Waals surface area contributed by atoms with Crippen LogP contribution in [0.15, 0.2) is 12.4 Å². The molecule has 1 aromatic heterocycles. The Kier molecular flexibility index (Phi) is 4.33. The lowest BCUT2D eigenvalue weighted by atomic mass is 9.72. The van der Waals surface area contributed by atoms with E-state index in [0.717, 1.165) is 56.6 Å². The van der Waals surface area contributed by atoms with Crippen molar-refractivity contribution >= 4 is 17.1 Å². The number of aryl methyl sites for hydroxylation is 1. The molecule has 0 aliphatic carbocycles. The van der Waals surface area contributed by atoms with Crippen molar-refractivity contribution in [2.45, 2.75) is 44.6 Å². The number of thiocarbonyl (C=S) groups is 1. The molecule has 0 saturated carbocycles. The highest BCUT2D eigenvalue weighted by molar-refractivity contribution is 7.81. The fraction of sp³-hybridized carbons (Fsp3) is 0.688. The molecule has 21 heavy (non-hydrogen) atoms. The van der Waals surface area contributed by atoms with Gasteiger partial charge in [0.15, 0.2) is 0 Å². The predicted octanol–water partition coefficient (Wildman–Crippen LogP) is 1.99. The first kappa shape index (κ1) is 15.0. The Bertz CT molecular complexity index is 528. The zero-order valence-electron chi connectivity index (χ0n) is 12.6. The van der Waals surface area contributed by atoms with Gasteiger partial charge < -0.3 is 10.0 Å². The van der Waals surface area contributed by atoms with E-state index in [4.69, 9.17) is 12.2 Å². The Morgan fingerprint density at radius 2 is 2.10 bits per heavy atom. The van der Waals surface area contributed by atoms with E-state index in [1.807, 2.05) is 0 Å². The molecule has 1 aromatic rings. The van der Waals surface area contributed by atoms with Gasteiger partial charge in [0, 0.05) is 18.9 Å². The van der Waals surface area contributed by atoms with Crippen molar-refractivity contribution < 1.29 is 5.11 Å². The number of nitrogens with zero attached hydrogens (tertiary/aromatic N) is 3. The van der Waals surface area contributed by atoms with Gasteiger partial charge in [0.25, 0.3) is 0 Å². The summed E-state index contributed by atoms with van der Waals surface area (Å²) in [5.41, 5.74) is 0.787. The van der Waals surface area contributed by atoms with E-state index >= 15 is 0 Å². The molecule has 3 fully saturated rings. The van der Waals surface area contributed by atoms with Crippen LogP contribution in [-0.4, -0.2) is 50.1 Å². The SMILES string of the molecule is CCCCc1nccnc1C(=S)C1(O)CN2CCC1CC2. The summed E-state index contributed by atoms with van der Waals surface area (Å²) in [5, 5.41) is 11.2. The number of rotatable bonds is 5. The van der Waals surface area contributed by atoms with Gasteiger partial charge in [0.1, 0.15) is 11.3 Å². The maximum absolute atomic E-state index is 11.2. The van der Waals surface area contributed by atoms with Crippen LogP contribution in [0.4, 0.5) is 0 Å². The molecule has 3 saturated heterocycles. The van der Waals surface area contributed by atoms with Crippen LogP contribution in [-0.2, 0) is 6.42 Å². The largest absolute Gasteiger partial charge is 0.383 e. The summed E-state index contributed by atoms with van der Waals surface area (Å²) in [6, 6.07) is 0. The van der Waals surface area contributed by atoms with E-state index in [1.54, 1.807) is 12.4 Å². The number of hydrogen-bond donors (Lipinski definition) is 1. The lowest BCUT2D eigenvalue weighted by molar-refractivity contribution is -0.0623. The minimum Gasteiger partial charge on any atom is -0.383 e. The van der Waals surface area contributed by atoms with E-state index in [9.17, 15) is 5.11 Å². The molecule has 0 amide bonds. The summed E-state index contributed by atoms with van der Waals surface area (Å²) in [6.07, 6.45) is 8.53. The van der Waals surface area contributed by atoms with Crippen LogP contribution in [0.2, 0.25) is 0 Å². The zero-order chi connectivity index (χ0) is 14.9. The molecule has 0 aromatic carbocycles. The first-order valence-electron chi connectivity index (χ1n) is 7.94. The highest BCUT2D eigenvalue weighted by atomic mass is 32.1. The Morgan fingerprint density at radius 3 is 2.71 bits per heavy atom. The van der Waals surface area contributed by atoms with Crippen LogP contribution >= 0.6 is 12.2 Å². The fourth-order valence-electron chi connectivity index (χ4n) is 3.58.